The SMILES string of the molecule is Cc1cnc(NC(=O)C2(c3ccccc3C(C)C)CN(C(=O)OC3CC3)C2)c(OC(F)F)c1. The lowest BCUT2D eigenvalue weighted by molar-refractivity contribution is -0.127. The summed E-state index contributed by atoms with van der Waals surface area (Å²) < 4.78 is 35.8. The van der Waals surface area contributed by atoms with Crippen molar-refractivity contribution in [2.45, 2.75) is 57.7 Å². The van der Waals surface area contributed by atoms with Crippen molar-refractivity contribution >= 4 is 17.8 Å². The van der Waals surface area contributed by atoms with Crippen molar-refractivity contribution in [3.8, 4) is 5.75 Å². The lowest BCUT2D eigenvalue weighted by Crippen LogP contribution is -2.66. The van der Waals surface area contributed by atoms with Gasteiger partial charge < -0.3 is 19.7 Å². The first-order valence-electron chi connectivity index (χ1n) is 11.0. The van der Waals surface area contributed by atoms with E-state index in [4.69, 9.17) is 4.74 Å². The molecule has 1 aromatic carbocycles. The molecule has 1 N–H and O–H groups in total. The predicted molar refractivity (Wildman–Crippen MR) is 118 cm³/mol. The van der Waals surface area contributed by atoms with E-state index >= 15 is 0 Å². The fraction of sp³-hybridized carbons (Fsp3) is 0.458. The van der Waals surface area contributed by atoms with Crippen LogP contribution in [0.5, 0.6) is 5.75 Å². The first kappa shape index (κ1) is 22.9. The van der Waals surface area contributed by atoms with Gasteiger partial charge >= 0.3 is 12.7 Å². The number of alkyl halides is 2. The van der Waals surface area contributed by atoms with Crippen LogP contribution in [0.25, 0.3) is 0 Å². The Morgan fingerprint density at radius 2 is 1.91 bits per heavy atom. The van der Waals surface area contributed by atoms with Gasteiger partial charge in [-0.1, -0.05) is 38.1 Å². The molecule has 1 aliphatic carbocycles. The standard InChI is InChI=1S/C24H27F2N3O4/c1-14(2)17-6-4-5-7-18(17)24(12-29(13-24)23(31)32-16-8-9-16)21(30)28-20-19(33-22(25)26)10-15(3)11-27-20/h4-7,10-11,14,16,22H,8-9,12-13H2,1-3H3,(H,27,28,30). The number of amides is 2. The molecule has 4 rings (SSSR count). The maximum atomic E-state index is 13.6. The number of nitrogens with one attached hydrogen (secondary N) is 1. The highest BCUT2D eigenvalue weighted by atomic mass is 19.3. The van der Waals surface area contributed by atoms with Crippen LogP contribution in [0.2, 0.25) is 0 Å². The minimum absolute atomic E-state index is 0.0462. The molecule has 1 aliphatic heterocycles. The zero-order valence-corrected chi connectivity index (χ0v) is 18.8. The third-order valence-electron chi connectivity index (χ3n) is 5.94. The van der Waals surface area contributed by atoms with E-state index in [9.17, 15) is 18.4 Å². The molecule has 176 valence electrons. The van der Waals surface area contributed by atoms with E-state index in [0.717, 1.165) is 24.0 Å². The van der Waals surface area contributed by atoms with Gasteiger partial charge in [-0.15, -0.1) is 0 Å². The minimum atomic E-state index is -3.06. The molecule has 0 radical (unpaired) electrons. The van der Waals surface area contributed by atoms with Gasteiger partial charge in [0.25, 0.3) is 0 Å². The van der Waals surface area contributed by atoms with Crippen LogP contribution in [0.15, 0.2) is 36.5 Å². The van der Waals surface area contributed by atoms with Crippen LogP contribution in [0, 0.1) is 6.92 Å². The molecule has 0 unspecified atom stereocenters. The first-order chi connectivity index (χ1) is 15.7. The van der Waals surface area contributed by atoms with E-state index in [-0.39, 0.29) is 36.7 Å². The predicted octanol–water partition coefficient (Wildman–Crippen LogP) is 4.61. The smallest absolute Gasteiger partial charge is 0.410 e. The van der Waals surface area contributed by atoms with Crippen molar-refractivity contribution in [3.63, 3.8) is 0 Å². The quantitative estimate of drug-likeness (QED) is 0.654. The number of aryl methyl sites for hydroxylation is 1. The van der Waals surface area contributed by atoms with E-state index in [0.29, 0.717) is 5.56 Å². The number of halogens is 2. The molecule has 2 heterocycles. The van der Waals surface area contributed by atoms with Crippen LogP contribution >= 0.6 is 0 Å². The second-order valence-electron chi connectivity index (χ2n) is 8.96. The van der Waals surface area contributed by atoms with E-state index in [2.05, 4.69) is 15.0 Å². The molecule has 1 saturated carbocycles. The second kappa shape index (κ2) is 8.96. The highest BCUT2D eigenvalue weighted by Gasteiger charge is 2.54. The highest BCUT2D eigenvalue weighted by Crippen LogP contribution is 2.41. The molecule has 33 heavy (non-hydrogen) atoms. The molecule has 7 nitrogen and oxygen atoms in total. The highest BCUT2D eigenvalue weighted by molar-refractivity contribution is 6.02. The molecular formula is C24H27F2N3O4. The number of pyridine rings is 1. The third kappa shape index (κ3) is 4.77. The number of anilines is 1. The number of carbonyl (C=O) groups excluding carboxylic acids is 2. The number of aromatic nitrogens is 1. The summed E-state index contributed by atoms with van der Waals surface area (Å²) in [6, 6.07) is 8.96. The number of hydrogen-bond donors (Lipinski definition) is 1. The Morgan fingerprint density at radius 3 is 2.55 bits per heavy atom. The Kier molecular flexibility index (Phi) is 6.23. The van der Waals surface area contributed by atoms with Gasteiger partial charge in [0.1, 0.15) is 11.5 Å². The van der Waals surface area contributed by atoms with Gasteiger partial charge in [-0.25, -0.2) is 9.78 Å². The van der Waals surface area contributed by atoms with Crippen molar-refractivity contribution in [3.05, 3.63) is 53.2 Å². The van der Waals surface area contributed by atoms with Gasteiger partial charge in [0.2, 0.25) is 5.91 Å². The van der Waals surface area contributed by atoms with Crippen LogP contribution in [-0.4, -0.2) is 47.7 Å². The van der Waals surface area contributed by atoms with Gasteiger partial charge in [-0.2, -0.15) is 8.78 Å². The number of rotatable bonds is 7. The number of carbonyl (C=O) groups is 2. The zero-order valence-electron chi connectivity index (χ0n) is 18.8. The largest absolute Gasteiger partial charge is 0.446 e. The third-order valence-corrected chi connectivity index (χ3v) is 5.94. The second-order valence-corrected chi connectivity index (χ2v) is 8.96. The monoisotopic (exact) mass is 459 g/mol. The Balaban J connectivity index is 1.65. The summed E-state index contributed by atoms with van der Waals surface area (Å²) in [4.78, 5) is 31.7. The fourth-order valence-corrected chi connectivity index (χ4v) is 4.06. The average molecular weight is 459 g/mol. The molecule has 1 aromatic heterocycles. The molecule has 0 atom stereocenters. The maximum Gasteiger partial charge on any atom is 0.410 e. The number of benzene rings is 1. The van der Waals surface area contributed by atoms with E-state index in [1.165, 1.54) is 17.2 Å². The summed E-state index contributed by atoms with van der Waals surface area (Å²) >= 11 is 0. The Hall–Kier alpha value is -3.23. The lowest BCUT2D eigenvalue weighted by Gasteiger charge is -2.49. The van der Waals surface area contributed by atoms with Gasteiger partial charge in [-0.3, -0.25) is 4.79 Å². The molecule has 0 bridgehead atoms. The summed E-state index contributed by atoms with van der Waals surface area (Å²) in [6.45, 7) is 2.91. The first-order valence-corrected chi connectivity index (χ1v) is 11.0. The van der Waals surface area contributed by atoms with Crippen molar-refractivity contribution in [2.24, 2.45) is 0 Å². The normalized spacial score (nSPS) is 17.0. The number of likely N-dealkylation sites (tertiary alicyclic amines) is 1. The topological polar surface area (TPSA) is 80.8 Å². The van der Waals surface area contributed by atoms with Crippen molar-refractivity contribution in [1.82, 2.24) is 9.88 Å². The summed E-state index contributed by atoms with van der Waals surface area (Å²) in [5, 5.41) is 2.68. The van der Waals surface area contributed by atoms with Crippen LogP contribution in [0.3, 0.4) is 0 Å². The Morgan fingerprint density at radius 1 is 1.21 bits per heavy atom. The van der Waals surface area contributed by atoms with Crippen molar-refractivity contribution in [1.29, 1.82) is 0 Å². The number of hydrogen-bond acceptors (Lipinski definition) is 5. The summed E-state index contributed by atoms with van der Waals surface area (Å²) in [6.07, 6.45) is 2.68. The molecule has 9 heteroatoms. The fourth-order valence-electron chi connectivity index (χ4n) is 4.06. The molecule has 2 fully saturated rings. The molecule has 0 spiro atoms. The van der Waals surface area contributed by atoms with E-state index < -0.39 is 24.0 Å². The van der Waals surface area contributed by atoms with Crippen LogP contribution < -0.4 is 10.1 Å². The summed E-state index contributed by atoms with van der Waals surface area (Å²) in [5.41, 5.74) is 1.30. The van der Waals surface area contributed by atoms with E-state index in [1.807, 2.05) is 38.1 Å². The molecule has 2 aliphatic rings. The molecule has 1 saturated heterocycles. The molecule has 2 aromatic rings. The van der Waals surface area contributed by atoms with Crippen molar-refractivity contribution < 1.29 is 27.8 Å². The van der Waals surface area contributed by atoms with Crippen LogP contribution in [0.4, 0.5) is 19.4 Å². The van der Waals surface area contributed by atoms with Gasteiger partial charge in [-0.05, 0) is 48.4 Å². The van der Waals surface area contributed by atoms with Gasteiger partial charge in [0.15, 0.2) is 11.6 Å². The minimum Gasteiger partial charge on any atom is -0.446 e. The van der Waals surface area contributed by atoms with Gasteiger partial charge in [0, 0.05) is 19.3 Å². The summed E-state index contributed by atoms with van der Waals surface area (Å²) in [7, 11) is 0. The Bertz CT molecular complexity index is 1050. The Labute approximate surface area is 191 Å². The van der Waals surface area contributed by atoms with Crippen LogP contribution in [-0.2, 0) is 14.9 Å². The molecular weight excluding hydrogens is 432 g/mol. The number of nitrogens with zero attached hydrogens (tertiary/aromatic N) is 2. The average Bonchev–Trinajstić information content (AvgIpc) is 3.53. The zero-order chi connectivity index (χ0) is 23.8. The van der Waals surface area contributed by atoms with Gasteiger partial charge in [0.05, 0.1) is 0 Å². The number of ether oxygens (including phenoxy) is 2. The maximum absolute atomic E-state index is 13.6. The summed E-state index contributed by atoms with van der Waals surface area (Å²) in [5.74, 6) is -0.614. The lowest BCUT2D eigenvalue weighted by atomic mass is 9.70. The van der Waals surface area contributed by atoms with E-state index in [1.54, 1.807) is 6.92 Å². The van der Waals surface area contributed by atoms with Crippen molar-refractivity contribution in [2.75, 3.05) is 18.4 Å². The van der Waals surface area contributed by atoms with Crippen LogP contribution in [0.1, 0.15) is 49.3 Å². The molecule has 2 amide bonds.